The standard InChI is InChI=1S/C24H26N4O3/c1-14(16-10-21(29)25-12-16)31-23-22-20(26-13-28(22)18-6-7-18)11-19(27-23)15-2-4-17(5-3-15)24(30)8-9-24/h2-5,11,13-14,16,18,30H,6-10,12H2,1H3,(H,25,29). The van der Waals surface area contributed by atoms with Gasteiger partial charge < -0.3 is 19.7 Å². The van der Waals surface area contributed by atoms with Crippen molar-refractivity contribution in [3.8, 4) is 17.1 Å². The van der Waals surface area contributed by atoms with Crippen LogP contribution in [0.4, 0.5) is 0 Å². The molecule has 1 amide bonds. The average Bonchev–Trinajstić information content (AvgIpc) is 3.67. The molecule has 1 saturated heterocycles. The van der Waals surface area contributed by atoms with E-state index in [1.165, 1.54) is 0 Å². The summed E-state index contributed by atoms with van der Waals surface area (Å²) in [6.07, 6.45) is 6.17. The molecule has 2 aliphatic carbocycles. The Labute approximate surface area is 180 Å². The number of hydrogen-bond donors (Lipinski definition) is 2. The Hall–Kier alpha value is -2.93. The maximum Gasteiger partial charge on any atom is 0.241 e. The number of fused-ring (bicyclic) bond motifs is 1. The van der Waals surface area contributed by atoms with E-state index in [1.807, 2.05) is 43.6 Å². The second kappa shape index (κ2) is 6.79. The molecule has 3 aliphatic rings. The molecule has 7 nitrogen and oxygen atoms in total. The van der Waals surface area contributed by atoms with Crippen LogP contribution in [0.15, 0.2) is 36.7 Å². The number of hydrogen-bond acceptors (Lipinski definition) is 5. The predicted octanol–water partition coefficient (Wildman–Crippen LogP) is 3.32. The Morgan fingerprint density at radius 2 is 2.03 bits per heavy atom. The smallest absolute Gasteiger partial charge is 0.241 e. The van der Waals surface area contributed by atoms with Gasteiger partial charge in [0.25, 0.3) is 0 Å². The lowest BCUT2D eigenvalue weighted by Crippen LogP contribution is -2.26. The Bertz CT molecular complexity index is 1160. The molecule has 7 heteroatoms. The molecule has 2 aromatic heterocycles. The van der Waals surface area contributed by atoms with E-state index in [2.05, 4.69) is 14.9 Å². The van der Waals surface area contributed by atoms with Gasteiger partial charge in [-0.1, -0.05) is 24.3 Å². The highest BCUT2D eigenvalue weighted by Gasteiger charge is 2.42. The zero-order valence-corrected chi connectivity index (χ0v) is 17.5. The maximum absolute atomic E-state index is 11.7. The van der Waals surface area contributed by atoms with Gasteiger partial charge in [-0.2, -0.15) is 0 Å². The topological polar surface area (TPSA) is 89.3 Å². The fourth-order valence-electron chi connectivity index (χ4n) is 4.47. The summed E-state index contributed by atoms with van der Waals surface area (Å²) in [7, 11) is 0. The third kappa shape index (κ3) is 3.37. The van der Waals surface area contributed by atoms with Gasteiger partial charge in [-0.05, 0) is 44.2 Å². The molecule has 2 saturated carbocycles. The summed E-state index contributed by atoms with van der Waals surface area (Å²) < 4.78 is 8.56. The Kier molecular flexibility index (Phi) is 4.12. The van der Waals surface area contributed by atoms with Gasteiger partial charge >= 0.3 is 0 Å². The van der Waals surface area contributed by atoms with E-state index in [-0.39, 0.29) is 17.9 Å². The van der Waals surface area contributed by atoms with Crippen LogP contribution in [0, 0.1) is 5.92 Å². The Morgan fingerprint density at radius 1 is 1.26 bits per heavy atom. The lowest BCUT2D eigenvalue weighted by molar-refractivity contribution is -0.119. The number of carbonyl (C=O) groups is 1. The molecule has 31 heavy (non-hydrogen) atoms. The highest BCUT2D eigenvalue weighted by Crippen LogP contribution is 2.45. The van der Waals surface area contributed by atoms with Crippen molar-refractivity contribution in [2.45, 2.75) is 56.8 Å². The van der Waals surface area contributed by atoms with Gasteiger partial charge in [0.2, 0.25) is 11.8 Å². The van der Waals surface area contributed by atoms with Crippen LogP contribution in [0.2, 0.25) is 0 Å². The third-order valence-electron chi connectivity index (χ3n) is 6.87. The average molecular weight is 418 g/mol. The zero-order valence-electron chi connectivity index (χ0n) is 17.5. The molecule has 2 unspecified atom stereocenters. The molecule has 3 fully saturated rings. The van der Waals surface area contributed by atoms with E-state index in [0.717, 1.165) is 53.5 Å². The van der Waals surface area contributed by atoms with Crippen LogP contribution in [0.25, 0.3) is 22.3 Å². The summed E-state index contributed by atoms with van der Waals surface area (Å²) in [6.45, 7) is 2.64. The first-order valence-corrected chi connectivity index (χ1v) is 11.1. The normalized spacial score (nSPS) is 23.0. The molecule has 3 heterocycles. The van der Waals surface area contributed by atoms with Crippen molar-refractivity contribution >= 4 is 16.9 Å². The fourth-order valence-corrected chi connectivity index (χ4v) is 4.47. The van der Waals surface area contributed by atoms with Crippen LogP contribution >= 0.6 is 0 Å². The molecular formula is C24H26N4O3. The van der Waals surface area contributed by atoms with Gasteiger partial charge in [-0.15, -0.1) is 0 Å². The van der Waals surface area contributed by atoms with Crippen molar-refractivity contribution in [3.05, 3.63) is 42.2 Å². The monoisotopic (exact) mass is 418 g/mol. The van der Waals surface area contributed by atoms with Crippen molar-refractivity contribution in [1.82, 2.24) is 19.9 Å². The van der Waals surface area contributed by atoms with Gasteiger partial charge in [0.1, 0.15) is 11.6 Å². The molecule has 1 aromatic carbocycles. The van der Waals surface area contributed by atoms with Crippen molar-refractivity contribution in [2.24, 2.45) is 5.92 Å². The van der Waals surface area contributed by atoms with Crippen molar-refractivity contribution < 1.29 is 14.6 Å². The second-order valence-corrected chi connectivity index (χ2v) is 9.26. The number of nitrogens with zero attached hydrogens (tertiary/aromatic N) is 3. The largest absolute Gasteiger partial charge is 0.473 e. The minimum atomic E-state index is -0.643. The molecule has 3 aromatic rings. The lowest BCUT2D eigenvalue weighted by Gasteiger charge is -2.20. The molecule has 160 valence electrons. The number of amides is 1. The molecule has 0 radical (unpaired) electrons. The SMILES string of the molecule is CC(Oc1nc(-c2ccc(C3(O)CC3)cc2)cc2ncn(C3CC3)c12)C1CNC(=O)C1. The van der Waals surface area contributed by atoms with Crippen LogP contribution in [-0.4, -0.2) is 38.2 Å². The van der Waals surface area contributed by atoms with Crippen LogP contribution in [0.5, 0.6) is 5.88 Å². The maximum atomic E-state index is 11.7. The Morgan fingerprint density at radius 3 is 2.68 bits per heavy atom. The number of nitrogens with one attached hydrogen (secondary N) is 1. The van der Waals surface area contributed by atoms with Crippen LogP contribution in [-0.2, 0) is 10.4 Å². The minimum Gasteiger partial charge on any atom is -0.473 e. The van der Waals surface area contributed by atoms with Crippen LogP contribution in [0.1, 0.15) is 50.6 Å². The molecule has 2 atom stereocenters. The molecule has 0 spiro atoms. The van der Waals surface area contributed by atoms with E-state index >= 15 is 0 Å². The fraction of sp³-hybridized carbons (Fsp3) is 0.458. The number of aliphatic hydroxyl groups is 1. The summed E-state index contributed by atoms with van der Waals surface area (Å²) in [5, 5.41) is 13.2. The van der Waals surface area contributed by atoms with E-state index in [9.17, 15) is 9.90 Å². The summed E-state index contributed by atoms with van der Waals surface area (Å²) in [6, 6.07) is 10.4. The predicted molar refractivity (Wildman–Crippen MR) is 116 cm³/mol. The first kappa shape index (κ1) is 18.8. The van der Waals surface area contributed by atoms with Gasteiger partial charge in [0.15, 0.2) is 0 Å². The summed E-state index contributed by atoms with van der Waals surface area (Å²) in [4.78, 5) is 21.2. The van der Waals surface area contributed by atoms with Gasteiger partial charge in [0.05, 0.1) is 23.1 Å². The van der Waals surface area contributed by atoms with E-state index in [0.29, 0.717) is 24.9 Å². The highest BCUT2D eigenvalue weighted by atomic mass is 16.5. The summed E-state index contributed by atoms with van der Waals surface area (Å²) in [5.74, 6) is 0.783. The lowest BCUT2D eigenvalue weighted by atomic mass is 10.0. The number of benzene rings is 1. The molecule has 0 bridgehead atoms. The van der Waals surface area contributed by atoms with E-state index in [4.69, 9.17) is 9.72 Å². The number of aromatic nitrogens is 3. The highest BCUT2D eigenvalue weighted by molar-refractivity contribution is 5.85. The van der Waals surface area contributed by atoms with Gasteiger partial charge in [0, 0.05) is 30.5 Å². The van der Waals surface area contributed by atoms with E-state index in [1.54, 1.807) is 0 Å². The molecular weight excluding hydrogens is 392 g/mol. The van der Waals surface area contributed by atoms with Crippen molar-refractivity contribution in [2.75, 3.05) is 6.54 Å². The molecule has 1 aliphatic heterocycles. The van der Waals surface area contributed by atoms with Crippen molar-refractivity contribution in [3.63, 3.8) is 0 Å². The summed E-state index contributed by atoms with van der Waals surface area (Å²) >= 11 is 0. The third-order valence-corrected chi connectivity index (χ3v) is 6.87. The minimum absolute atomic E-state index is 0.0766. The van der Waals surface area contributed by atoms with E-state index < -0.39 is 5.60 Å². The first-order valence-electron chi connectivity index (χ1n) is 11.1. The number of pyridine rings is 1. The quantitative estimate of drug-likeness (QED) is 0.641. The van der Waals surface area contributed by atoms with Crippen molar-refractivity contribution in [1.29, 1.82) is 0 Å². The molecule has 2 N–H and O–H groups in total. The zero-order chi connectivity index (χ0) is 21.2. The second-order valence-electron chi connectivity index (χ2n) is 9.26. The number of carbonyl (C=O) groups excluding carboxylic acids is 1. The molecule has 6 rings (SSSR count). The number of rotatable bonds is 6. The van der Waals surface area contributed by atoms with Crippen LogP contribution < -0.4 is 10.1 Å². The van der Waals surface area contributed by atoms with Gasteiger partial charge in [-0.25, -0.2) is 9.97 Å². The Balaban J connectivity index is 1.38. The number of imidazole rings is 1. The number of ether oxygens (including phenoxy) is 1. The summed E-state index contributed by atoms with van der Waals surface area (Å²) in [5.41, 5.74) is 3.87. The van der Waals surface area contributed by atoms with Gasteiger partial charge in [-0.3, -0.25) is 4.79 Å². The first-order chi connectivity index (χ1) is 15.0. The van der Waals surface area contributed by atoms with Crippen LogP contribution in [0.3, 0.4) is 0 Å².